The molecule has 1 atom stereocenters. The number of nitrogens with zero attached hydrogens (tertiary/aromatic N) is 4. The summed E-state index contributed by atoms with van der Waals surface area (Å²) in [5.41, 5.74) is 1.93. The molecule has 8 heteroatoms. The minimum absolute atomic E-state index is 0.0168. The van der Waals surface area contributed by atoms with Gasteiger partial charge in [0.15, 0.2) is 10.9 Å². The second kappa shape index (κ2) is 9.98. The summed E-state index contributed by atoms with van der Waals surface area (Å²) in [6, 6.07) is 16.3. The summed E-state index contributed by atoms with van der Waals surface area (Å²) in [5, 5.41) is 8.25. The Hall–Kier alpha value is -2.84. The molecule has 0 radical (unpaired) electrons. The van der Waals surface area contributed by atoms with Crippen molar-refractivity contribution in [1.29, 1.82) is 0 Å². The quantitative estimate of drug-likeness (QED) is 0.603. The van der Waals surface area contributed by atoms with Crippen LogP contribution < -0.4 is 5.32 Å². The third-order valence-electron chi connectivity index (χ3n) is 5.44. The molecule has 0 bridgehead atoms. The zero-order valence-electron chi connectivity index (χ0n) is 17.5. The Kier molecular flexibility index (Phi) is 6.89. The predicted octanol–water partition coefficient (Wildman–Crippen LogP) is 4.02. The Morgan fingerprint density at radius 3 is 2.65 bits per heavy atom. The standard InChI is InChI=1S/C23H26FN5OS/c1-17(18-8-10-20(24)11-9-18)25-23(31)29-13-5-12-28(14-15-29)16-21-26-22(30-27-21)19-6-3-2-4-7-19/h2-4,6-11,17H,5,12-16H2,1H3,(H,25,31). The molecule has 1 aliphatic rings. The first-order valence-electron chi connectivity index (χ1n) is 10.5. The summed E-state index contributed by atoms with van der Waals surface area (Å²) in [4.78, 5) is 9.06. The van der Waals surface area contributed by atoms with Crippen LogP contribution >= 0.6 is 12.2 Å². The van der Waals surface area contributed by atoms with Gasteiger partial charge in [0, 0.05) is 31.7 Å². The van der Waals surface area contributed by atoms with Gasteiger partial charge < -0.3 is 14.7 Å². The van der Waals surface area contributed by atoms with Gasteiger partial charge in [-0.15, -0.1) is 0 Å². The van der Waals surface area contributed by atoms with E-state index in [0.29, 0.717) is 18.3 Å². The van der Waals surface area contributed by atoms with Gasteiger partial charge in [-0.3, -0.25) is 4.90 Å². The fourth-order valence-corrected chi connectivity index (χ4v) is 4.02. The maximum atomic E-state index is 13.2. The van der Waals surface area contributed by atoms with Gasteiger partial charge >= 0.3 is 0 Å². The molecule has 1 saturated heterocycles. The molecule has 0 aliphatic carbocycles. The summed E-state index contributed by atoms with van der Waals surface area (Å²) in [7, 11) is 0. The first-order valence-corrected chi connectivity index (χ1v) is 10.9. The minimum Gasteiger partial charge on any atom is -0.356 e. The zero-order valence-corrected chi connectivity index (χ0v) is 18.3. The maximum Gasteiger partial charge on any atom is 0.257 e. The Labute approximate surface area is 187 Å². The smallest absolute Gasteiger partial charge is 0.257 e. The van der Waals surface area contributed by atoms with Gasteiger partial charge in [-0.1, -0.05) is 35.5 Å². The van der Waals surface area contributed by atoms with Crippen molar-refractivity contribution in [1.82, 2.24) is 25.3 Å². The largest absolute Gasteiger partial charge is 0.356 e. The van der Waals surface area contributed by atoms with Crippen molar-refractivity contribution in [3.05, 3.63) is 71.8 Å². The van der Waals surface area contributed by atoms with Crippen molar-refractivity contribution in [2.75, 3.05) is 26.2 Å². The summed E-state index contributed by atoms with van der Waals surface area (Å²) in [6.07, 6.45) is 0.996. The van der Waals surface area contributed by atoms with Crippen molar-refractivity contribution in [3.8, 4) is 11.5 Å². The highest BCUT2D eigenvalue weighted by Crippen LogP contribution is 2.18. The molecule has 3 aromatic rings. The number of halogens is 1. The van der Waals surface area contributed by atoms with Crippen LogP contribution in [0.4, 0.5) is 4.39 Å². The van der Waals surface area contributed by atoms with Crippen LogP contribution in [0.5, 0.6) is 0 Å². The van der Waals surface area contributed by atoms with E-state index in [9.17, 15) is 4.39 Å². The van der Waals surface area contributed by atoms with E-state index in [1.807, 2.05) is 37.3 Å². The molecule has 31 heavy (non-hydrogen) atoms. The number of benzene rings is 2. The van der Waals surface area contributed by atoms with Crippen molar-refractivity contribution in [3.63, 3.8) is 0 Å². The first-order chi connectivity index (χ1) is 15.1. The number of hydrogen-bond acceptors (Lipinski definition) is 5. The molecule has 2 heterocycles. The molecule has 0 amide bonds. The van der Waals surface area contributed by atoms with Crippen LogP contribution in [0.15, 0.2) is 59.1 Å². The highest BCUT2D eigenvalue weighted by atomic mass is 32.1. The molecule has 2 aromatic carbocycles. The topological polar surface area (TPSA) is 57.4 Å². The van der Waals surface area contributed by atoms with Gasteiger partial charge in [0.05, 0.1) is 12.6 Å². The van der Waals surface area contributed by atoms with Crippen molar-refractivity contribution >= 4 is 17.3 Å². The lowest BCUT2D eigenvalue weighted by atomic mass is 10.1. The molecule has 162 valence electrons. The number of thiocarbonyl (C=S) groups is 1. The summed E-state index contributed by atoms with van der Waals surface area (Å²) in [5.74, 6) is 1.01. The van der Waals surface area contributed by atoms with Gasteiger partial charge in [0.1, 0.15) is 5.82 Å². The molecular weight excluding hydrogens is 413 g/mol. The molecule has 1 aromatic heterocycles. The van der Waals surface area contributed by atoms with Gasteiger partial charge in [0.2, 0.25) is 0 Å². The average molecular weight is 440 g/mol. The number of hydrogen-bond donors (Lipinski definition) is 1. The van der Waals surface area contributed by atoms with E-state index >= 15 is 0 Å². The third kappa shape index (κ3) is 5.65. The Bertz CT molecular complexity index is 995. The van der Waals surface area contributed by atoms with E-state index in [1.54, 1.807) is 12.1 Å². The second-order valence-electron chi connectivity index (χ2n) is 7.72. The van der Waals surface area contributed by atoms with Gasteiger partial charge in [0.25, 0.3) is 5.89 Å². The van der Waals surface area contributed by atoms with Crippen LogP contribution in [0.1, 0.15) is 30.8 Å². The third-order valence-corrected chi connectivity index (χ3v) is 5.82. The highest BCUT2D eigenvalue weighted by Gasteiger charge is 2.20. The van der Waals surface area contributed by atoms with Gasteiger partial charge in [-0.05, 0) is 55.4 Å². The summed E-state index contributed by atoms with van der Waals surface area (Å²) < 4.78 is 18.6. The average Bonchev–Trinajstić information content (AvgIpc) is 3.12. The van der Waals surface area contributed by atoms with E-state index in [4.69, 9.17) is 16.7 Å². The van der Waals surface area contributed by atoms with Gasteiger partial charge in [-0.25, -0.2) is 4.39 Å². The van der Waals surface area contributed by atoms with Crippen LogP contribution in [0.25, 0.3) is 11.5 Å². The highest BCUT2D eigenvalue weighted by molar-refractivity contribution is 7.80. The molecule has 1 N–H and O–H groups in total. The maximum absolute atomic E-state index is 13.2. The van der Waals surface area contributed by atoms with E-state index in [1.165, 1.54) is 12.1 Å². The number of rotatable bonds is 5. The van der Waals surface area contributed by atoms with Crippen LogP contribution in [0, 0.1) is 5.82 Å². The first kappa shape index (κ1) is 21.4. The monoisotopic (exact) mass is 439 g/mol. The van der Waals surface area contributed by atoms with Crippen molar-refractivity contribution in [2.24, 2.45) is 0 Å². The number of aromatic nitrogens is 2. The van der Waals surface area contributed by atoms with Crippen molar-refractivity contribution in [2.45, 2.75) is 25.9 Å². The Balaban J connectivity index is 1.29. The predicted molar refractivity (Wildman–Crippen MR) is 122 cm³/mol. The lowest BCUT2D eigenvalue weighted by Crippen LogP contribution is -2.42. The van der Waals surface area contributed by atoms with Crippen LogP contribution in [-0.4, -0.2) is 51.2 Å². The molecule has 0 spiro atoms. The van der Waals surface area contributed by atoms with Gasteiger partial charge in [-0.2, -0.15) is 4.98 Å². The van der Waals surface area contributed by atoms with E-state index < -0.39 is 0 Å². The summed E-state index contributed by atoms with van der Waals surface area (Å²) >= 11 is 5.64. The molecule has 1 unspecified atom stereocenters. The van der Waals surface area contributed by atoms with Crippen molar-refractivity contribution < 1.29 is 8.91 Å². The molecule has 1 fully saturated rings. The van der Waals surface area contributed by atoms with Crippen LogP contribution in [-0.2, 0) is 6.54 Å². The molecule has 4 rings (SSSR count). The summed E-state index contributed by atoms with van der Waals surface area (Å²) in [6.45, 7) is 6.20. The van der Waals surface area contributed by atoms with E-state index in [2.05, 4.69) is 25.3 Å². The Morgan fingerprint density at radius 1 is 1.10 bits per heavy atom. The fraction of sp³-hybridized carbons (Fsp3) is 0.348. The normalized spacial score (nSPS) is 16.0. The van der Waals surface area contributed by atoms with Crippen LogP contribution in [0.3, 0.4) is 0 Å². The molecule has 0 saturated carbocycles. The molecule has 6 nitrogen and oxygen atoms in total. The fourth-order valence-electron chi connectivity index (χ4n) is 3.66. The minimum atomic E-state index is -0.233. The lowest BCUT2D eigenvalue weighted by Gasteiger charge is -2.27. The Morgan fingerprint density at radius 2 is 1.87 bits per heavy atom. The number of nitrogens with one attached hydrogen (secondary N) is 1. The lowest BCUT2D eigenvalue weighted by molar-refractivity contribution is 0.265. The van der Waals surface area contributed by atoms with E-state index in [0.717, 1.165) is 48.8 Å². The SMILES string of the molecule is CC(NC(=S)N1CCCN(Cc2noc(-c3ccccc3)n2)CC1)c1ccc(F)cc1. The van der Waals surface area contributed by atoms with Crippen LogP contribution in [0.2, 0.25) is 0 Å². The molecular formula is C23H26FN5OS. The zero-order chi connectivity index (χ0) is 21.6. The second-order valence-corrected chi connectivity index (χ2v) is 8.11. The molecule has 1 aliphatic heterocycles. The van der Waals surface area contributed by atoms with E-state index in [-0.39, 0.29) is 11.9 Å².